The third kappa shape index (κ3) is 4.08. The van der Waals surface area contributed by atoms with Crippen molar-refractivity contribution in [3.63, 3.8) is 0 Å². The van der Waals surface area contributed by atoms with Crippen LogP contribution in [0.5, 0.6) is 0 Å². The molecular weight excluding hydrogens is 354 g/mol. The van der Waals surface area contributed by atoms with Crippen LogP contribution >= 0.6 is 0 Å². The summed E-state index contributed by atoms with van der Waals surface area (Å²) in [7, 11) is 0. The fourth-order valence-electron chi connectivity index (χ4n) is 2.47. The Kier molecular flexibility index (Phi) is 5.39. The van der Waals surface area contributed by atoms with Gasteiger partial charge in [-0.15, -0.1) is 0 Å². The summed E-state index contributed by atoms with van der Waals surface area (Å²) in [4.78, 5) is 24.5. The van der Waals surface area contributed by atoms with Gasteiger partial charge < -0.3 is 10.6 Å². The summed E-state index contributed by atoms with van der Waals surface area (Å²) < 4.78 is 29.0. The number of hydrogen-bond donors (Lipinski definition) is 2. The van der Waals surface area contributed by atoms with E-state index in [1.165, 1.54) is 12.4 Å². The van der Waals surface area contributed by atoms with Gasteiger partial charge in [-0.1, -0.05) is 6.07 Å². The lowest BCUT2D eigenvalue weighted by Gasteiger charge is -2.10. The lowest BCUT2D eigenvalue weighted by atomic mass is 10.2. The van der Waals surface area contributed by atoms with Crippen molar-refractivity contribution < 1.29 is 13.6 Å². The number of imidazole rings is 1. The van der Waals surface area contributed by atoms with E-state index in [1.54, 1.807) is 12.4 Å². The van der Waals surface area contributed by atoms with Crippen LogP contribution in [0.25, 0.3) is 5.82 Å². The molecule has 0 aliphatic carbocycles. The molecular formula is C18H18F2N6O. The molecule has 140 valence electrons. The van der Waals surface area contributed by atoms with Crippen molar-refractivity contribution in [1.29, 1.82) is 0 Å². The Morgan fingerprint density at radius 3 is 2.52 bits per heavy atom. The molecule has 0 bridgehead atoms. The molecule has 7 nitrogen and oxygen atoms in total. The first kappa shape index (κ1) is 18.4. The molecule has 0 aliphatic rings. The van der Waals surface area contributed by atoms with Crippen molar-refractivity contribution >= 4 is 11.7 Å². The molecule has 2 N–H and O–H groups in total. The summed E-state index contributed by atoms with van der Waals surface area (Å²) in [6, 6.07) is 5.03. The van der Waals surface area contributed by atoms with Gasteiger partial charge in [-0.25, -0.2) is 23.7 Å². The third-order valence-corrected chi connectivity index (χ3v) is 4.06. The number of aromatic nitrogens is 4. The summed E-state index contributed by atoms with van der Waals surface area (Å²) in [5, 5.41) is 5.50. The monoisotopic (exact) mass is 372 g/mol. The number of carbonyl (C=O) groups is 1. The molecule has 3 rings (SSSR count). The molecule has 0 unspecified atom stereocenters. The topological polar surface area (TPSA) is 84.7 Å². The van der Waals surface area contributed by atoms with Crippen LogP contribution in [0.4, 0.5) is 14.6 Å². The van der Waals surface area contributed by atoms with Crippen LogP contribution in [0.15, 0.2) is 36.9 Å². The number of anilines is 1. The van der Waals surface area contributed by atoms with Gasteiger partial charge in [-0.2, -0.15) is 0 Å². The minimum Gasteiger partial charge on any atom is -0.368 e. The number of halogens is 2. The second-order valence-electron chi connectivity index (χ2n) is 5.83. The van der Waals surface area contributed by atoms with Gasteiger partial charge in [0.1, 0.15) is 41.5 Å². The molecule has 27 heavy (non-hydrogen) atoms. The Morgan fingerprint density at radius 1 is 1.11 bits per heavy atom. The quantitative estimate of drug-likeness (QED) is 0.649. The van der Waals surface area contributed by atoms with Crippen LogP contribution in [-0.2, 0) is 0 Å². The maximum Gasteiger partial charge on any atom is 0.257 e. The molecule has 0 atom stereocenters. The number of nitrogens with one attached hydrogen (secondary N) is 2. The number of hydrogen-bond acceptors (Lipinski definition) is 5. The zero-order valence-corrected chi connectivity index (χ0v) is 14.8. The molecule has 1 amide bonds. The van der Waals surface area contributed by atoms with Crippen LogP contribution < -0.4 is 10.6 Å². The van der Waals surface area contributed by atoms with E-state index in [0.29, 0.717) is 18.2 Å². The summed E-state index contributed by atoms with van der Waals surface area (Å²) in [6.07, 6.45) is 3.10. The van der Waals surface area contributed by atoms with Crippen LogP contribution in [0.2, 0.25) is 0 Å². The fourth-order valence-corrected chi connectivity index (χ4v) is 2.47. The van der Waals surface area contributed by atoms with Crippen molar-refractivity contribution in [1.82, 2.24) is 24.8 Å². The van der Waals surface area contributed by atoms with E-state index in [2.05, 4.69) is 25.6 Å². The van der Waals surface area contributed by atoms with E-state index in [0.717, 1.165) is 23.5 Å². The smallest absolute Gasteiger partial charge is 0.257 e. The molecule has 0 saturated heterocycles. The van der Waals surface area contributed by atoms with Crippen molar-refractivity contribution in [2.75, 3.05) is 18.4 Å². The first-order chi connectivity index (χ1) is 13.0. The van der Waals surface area contributed by atoms with Crippen molar-refractivity contribution in [2.24, 2.45) is 0 Å². The Labute approximate surface area is 154 Å². The molecule has 2 heterocycles. The standard InChI is InChI=1S/C18H18F2N6O/c1-11-12(2)26(10-25-11)16-8-15(23-9-24-16)21-6-7-22-18(27)17-13(19)4-3-5-14(17)20/h3-5,8-10H,6-7H2,1-2H3,(H,22,27)(H,21,23,24). The highest BCUT2D eigenvalue weighted by Crippen LogP contribution is 2.14. The number of nitrogens with zero attached hydrogens (tertiary/aromatic N) is 4. The Balaban J connectivity index is 1.58. The first-order valence-electron chi connectivity index (χ1n) is 8.26. The Hall–Kier alpha value is -3.36. The van der Waals surface area contributed by atoms with Crippen molar-refractivity contribution in [2.45, 2.75) is 13.8 Å². The largest absolute Gasteiger partial charge is 0.368 e. The summed E-state index contributed by atoms with van der Waals surface area (Å²) in [5.41, 5.74) is 1.29. The molecule has 0 spiro atoms. The van der Waals surface area contributed by atoms with Crippen LogP contribution in [0.3, 0.4) is 0 Å². The average Bonchev–Trinajstić information content (AvgIpc) is 2.98. The molecule has 9 heteroatoms. The predicted octanol–water partition coefficient (Wildman–Crippen LogP) is 2.40. The summed E-state index contributed by atoms with van der Waals surface area (Å²) in [5.74, 6) is -1.39. The Bertz CT molecular complexity index is 952. The molecule has 3 aromatic rings. The highest BCUT2D eigenvalue weighted by atomic mass is 19.1. The fraction of sp³-hybridized carbons (Fsp3) is 0.222. The Morgan fingerprint density at radius 2 is 1.85 bits per heavy atom. The first-order valence-corrected chi connectivity index (χ1v) is 8.26. The highest BCUT2D eigenvalue weighted by molar-refractivity contribution is 5.94. The second-order valence-corrected chi connectivity index (χ2v) is 5.83. The van der Waals surface area contributed by atoms with Gasteiger partial charge in [0.05, 0.1) is 5.69 Å². The summed E-state index contributed by atoms with van der Waals surface area (Å²) in [6.45, 7) is 4.33. The second kappa shape index (κ2) is 7.90. The van der Waals surface area contributed by atoms with Gasteiger partial charge in [0.2, 0.25) is 0 Å². The molecule has 0 aliphatic heterocycles. The van der Waals surface area contributed by atoms with E-state index < -0.39 is 23.1 Å². The van der Waals surface area contributed by atoms with E-state index in [-0.39, 0.29) is 6.54 Å². The zero-order chi connectivity index (χ0) is 19.4. The average molecular weight is 372 g/mol. The van der Waals surface area contributed by atoms with Gasteiger partial charge in [0, 0.05) is 24.8 Å². The highest BCUT2D eigenvalue weighted by Gasteiger charge is 2.16. The number of carbonyl (C=O) groups excluding carboxylic acids is 1. The normalized spacial score (nSPS) is 10.7. The summed E-state index contributed by atoms with van der Waals surface area (Å²) >= 11 is 0. The van der Waals surface area contributed by atoms with E-state index in [9.17, 15) is 13.6 Å². The van der Waals surface area contributed by atoms with Gasteiger partial charge >= 0.3 is 0 Å². The molecule has 0 saturated carbocycles. The molecule has 0 radical (unpaired) electrons. The molecule has 2 aromatic heterocycles. The van der Waals surface area contributed by atoms with Gasteiger partial charge in [-0.3, -0.25) is 9.36 Å². The van der Waals surface area contributed by atoms with Crippen LogP contribution in [0, 0.1) is 25.5 Å². The van der Waals surface area contributed by atoms with E-state index in [4.69, 9.17) is 0 Å². The van der Waals surface area contributed by atoms with Gasteiger partial charge in [0.25, 0.3) is 5.91 Å². The lowest BCUT2D eigenvalue weighted by Crippen LogP contribution is -2.30. The van der Waals surface area contributed by atoms with Crippen molar-refractivity contribution in [3.8, 4) is 5.82 Å². The minimum atomic E-state index is -0.896. The maximum atomic E-state index is 13.6. The predicted molar refractivity (Wildman–Crippen MR) is 95.8 cm³/mol. The molecule has 1 aromatic carbocycles. The van der Waals surface area contributed by atoms with Crippen LogP contribution in [0.1, 0.15) is 21.7 Å². The van der Waals surface area contributed by atoms with Gasteiger partial charge in [0.15, 0.2) is 0 Å². The lowest BCUT2D eigenvalue weighted by molar-refractivity contribution is 0.0946. The van der Waals surface area contributed by atoms with Gasteiger partial charge in [-0.05, 0) is 26.0 Å². The van der Waals surface area contributed by atoms with Crippen molar-refractivity contribution in [3.05, 3.63) is 65.5 Å². The van der Waals surface area contributed by atoms with Crippen LogP contribution in [-0.4, -0.2) is 38.5 Å². The number of aryl methyl sites for hydroxylation is 1. The number of amides is 1. The van der Waals surface area contributed by atoms with E-state index in [1.807, 2.05) is 18.4 Å². The molecule has 0 fully saturated rings. The zero-order valence-electron chi connectivity index (χ0n) is 14.8. The minimum absolute atomic E-state index is 0.162. The number of benzene rings is 1. The number of rotatable bonds is 6. The van der Waals surface area contributed by atoms with E-state index >= 15 is 0 Å². The maximum absolute atomic E-state index is 13.6. The third-order valence-electron chi connectivity index (χ3n) is 4.06. The SMILES string of the molecule is Cc1ncn(-c2cc(NCCNC(=O)c3c(F)cccc3F)ncn2)c1C.